The molecule has 9 heteroatoms. The number of nitrogens with one attached hydrogen (secondary N) is 2. The lowest BCUT2D eigenvalue weighted by Crippen LogP contribution is -2.45. The molecule has 2 amide bonds. The number of anilines is 1. The number of halogens is 1. The van der Waals surface area contributed by atoms with E-state index in [0.29, 0.717) is 16.4 Å². The second kappa shape index (κ2) is 7.62. The molecule has 1 fully saturated rings. The van der Waals surface area contributed by atoms with E-state index in [9.17, 15) is 9.59 Å². The molecule has 1 aromatic carbocycles. The Bertz CT molecular complexity index is 764. The molecule has 132 valence electrons. The maximum atomic E-state index is 12.5. The Kier molecular flexibility index (Phi) is 5.30. The number of rotatable bonds is 5. The van der Waals surface area contributed by atoms with Crippen LogP contribution in [0.3, 0.4) is 0 Å². The number of amides is 2. The van der Waals surface area contributed by atoms with Gasteiger partial charge in [0.25, 0.3) is 0 Å². The molecule has 0 saturated carbocycles. The summed E-state index contributed by atoms with van der Waals surface area (Å²) >= 11 is 6.06. The molecule has 2 heterocycles. The lowest BCUT2D eigenvalue weighted by atomic mass is 10.2. The summed E-state index contributed by atoms with van der Waals surface area (Å²) in [6.07, 6.45) is 4.61. The Morgan fingerprint density at radius 2 is 2.24 bits per heavy atom. The van der Waals surface area contributed by atoms with Crippen LogP contribution in [0.15, 0.2) is 30.9 Å². The molecule has 0 radical (unpaired) electrons. The highest BCUT2D eigenvalue weighted by molar-refractivity contribution is 6.31. The second-order valence-electron chi connectivity index (χ2n) is 5.79. The van der Waals surface area contributed by atoms with Gasteiger partial charge in [-0.3, -0.25) is 14.5 Å². The minimum Gasteiger partial charge on any atom is -0.358 e. The predicted molar refractivity (Wildman–Crippen MR) is 93.7 cm³/mol. The molecule has 8 nitrogen and oxygen atoms in total. The first-order valence-electron chi connectivity index (χ1n) is 7.98. The number of hydrogen-bond donors (Lipinski definition) is 2. The summed E-state index contributed by atoms with van der Waals surface area (Å²) in [7, 11) is 1.61. The number of nitrogens with zero attached hydrogens (tertiary/aromatic N) is 4. The van der Waals surface area contributed by atoms with Crippen LogP contribution < -0.4 is 10.6 Å². The van der Waals surface area contributed by atoms with Gasteiger partial charge in [0, 0.05) is 12.1 Å². The molecule has 1 aliphatic heterocycles. The van der Waals surface area contributed by atoms with Gasteiger partial charge in [0.2, 0.25) is 11.8 Å². The van der Waals surface area contributed by atoms with Crippen molar-refractivity contribution in [3.8, 4) is 5.69 Å². The van der Waals surface area contributed by atoms with Gasteiger partial charge in [-0.15, -0.1) is 0 Å². The van der Waals surface area contributed by atoms with Crippen molar-refractivity contribution < 1.29 is 9.59 Å². The van der Waals surface area contributed by atoms with Gasteiger partial charge < -0.3 is 10.6 Å². The Morgan fingerprint density at radius 3 is 2.96 bits per heavy atom. The highest BCUT2D eigenvalue weighted by atomic mass is 35.5. The number of benzene rings is 1. The van der Waals surface area contributed by atoms with Crippen molar-refractivity contribution in [2.75, 3.05) is 25.5 Å². The van der Waals surface area contributed by atoms with Crippen LogP contribution in [0.5, 0.6) is 0 Å². The van der Waals surface area contributed by atoms with Crippen LogP contribution in [0.4, 0.5) is 5.69 Å². The third kappa shape index (κ3) is 3.97. The van der Waals surface area contributed by atoms with E-state index in [4.69, 9.17) is 11.6 Å². The quantitative estimate of drug-likeness (QED) is 0.830. The third-order valence-electron chi connectivity index (χ3n) is 4.16. The predicted octanol–water partition coefficient (Wildman–Crippen LogP) is 1.07. The zero-order chi connectivity index (χ0) is 17.8. The minimum absolute atomic E-state index is 0.0589. The maximum Gasteiger partial charge on any atom is 0.238 e. The van der Waals surface area contributed by atoms with E-state index in [0.717, 1.165) is 19.4 Å². The number of likely N-dealkylation sites (tertiary alicyclic amines) is 1. The average Bonchev–Trinajstić information content (AvgIpc) is 3.26. The van der Waals surface area contributed by atoms with E-state index in [1.54, 1.807) is 36.3 Å². The lowest BCUT2D eigenvalue weighted by molar-refractivity contribution is -0.126. The smallest absolute Gasteiger partial charge is 0.238 e. The lowest BCUT2D eigenvalue weighted by Gasteiger charge is -2.22. The summed E-state index contributed by atoms with van der Waals surface area (Å²) in [5.74, 6) is -0.268. The average molecular weight is 363 g/mol. The largest absolute Gasteiger partial charge is 0.358 e. The third-order valence-corrected chi connectivity index (χ3v) is 4.39. The molecule has 0 aliphatic carbocycles. The Hall–Kier alpha value is -2.45. The van der Waals surface area contributed by atoms with Crippen molar-refractivity contribution in [2.45, 2.75) is 18.9 Å². The zero-order valence-electron chi connectivity index (χ0n) is 13.8. The van der Waals surface area contributed by atoms with Gasteiger partial charge in [-0.05, 0) is 37.6 Å². The standard InChI is InChI=1S/C16H19ClN6O2/c1-18-16(25)14-3-2-6-22(14)8-15(24)21-12-7-11(17)4-5-13(12)23-10-19-9-20-23/h4-5,7,9-10,14H,2-3,6,8H2,1H3,(H,18,25)(H,21,24). The maximum absolute atomic E-state index is 12.5. The van der Waals surface area contributed by atoms with E-state index in [1.807, 2.05) is 4.90 Å². The number of carbonyl (C=O) groups is 2. The van der Waals surface area contributed by atoms with E-state index >= 15 is 0 Å². The fraction of sp³-hybridized carbons (Fsp3) is 0.375. The SMILES string of the molecule is CNC(=O)C1CCCN1CC(=O)Nc1cc(Cl)ccc1-n1cncn1. The Labute approximate surface area is 150 Å². The normalized spacial score (nSPS) is 17.4. The summed E-state index contributed by atoms with van der Waals surface area (Å²) in [5.41, 5.74) is 1.21. The molecule has 1 unspecified atom stereocenters. The van der Waals surface area contributed by atoms with Crippen molar-refractivity contribution >= 4 is 29.1 Å². The number of carbonyl (C=O) groups excluding carboxylic acids is 2. The molecule has 0 bridgehead atoms. The first-order valence-corrected chi connectivity index (χ1v) is 8.36. The van der Waals surface area contributed by atoms with Crippen LogP contribution in [0, 0.1) is 0 Å². The molecular weight excluding hydrogens is 344 g/mol. The number of aromatic nitrogens is 3. The number of likely N-dealkylation sites (N-methyl/N-ethyl adjacent to an activating group) is 1. The van der Waals surface area contributed by atoms with Crippen LogP contribution in [-0.4, -0.2) is 57.7 Å². The summed E-state index contributed by atoms with van der Waals surface area (Å²) in [6, 6.07) is 4.88. The summed E-state index contributed by atoms with van der Waals surface area (Å²) in [4.78, 5) is 30.2. The first-order chi connectivity index (χ1) is 12.1. The van der Waals surface area contributed by atoms with Crippen molar-refractivity contribution in [3.05, 3.63) is 35.9 Å². The van der Waals surface area contributed by atoms with E-state index in [1.165, 1.54) is 6.33 Å². The summed E-state index contributed by atoms with van der Waals surface area (Å²) in [6.45, 7) is 0.860. The number of hydrogen-bond acceptors (Lipinski definition) is 5. The van der Waals surface area contributed by atoms with Gasteiger partial charge in [-0.1, -0.05) is 11.6 Å². The van der Waals surface area contributed by atoms with Crippen molar-refractivity contribution in [1.82, 2.24) is 25.0 Å². The molecular formula is C16H19ClN6O2. The molecule has 0 spiro atoms. The van der Waals surface area contributed by atoms with Crippen molar-refractivity contribution in [1.29, 1.82) is 0 Å². The molecule has 2 aromatic rings. The van der Waals surface area contributed by atoms with Gasteiger partial charge in [0.15, 0.2) is 0 Å². The topological polar surface area (TPSA) is 92.2 Å². The van der Waals surface area contributed by atoms with Gasteiger partial charge in [0.1, 0.15) is 12.7 Å². The van der Waals surface area contributed by atoms with E-state index < -0.39 is 0 Å². The molecule has 1 atom stereocenters. The Morgan fingerprint density at radius 1 is 1.40 bits per heavy atom. The molecule has 1 aliphatic rings. The van der Waals surface area contributed by atoms with Crippen LogP contribution in [0.1, 0.15) is 12.8 Å². The van der Waals surface area contributed by atoms with Crippen LogP contribution >= 0.6 is 11.6 Å². The van der Waals surface area contributed by atoms with Crippen LogP contribution in [0.25, 0.3) is 5.69 Å². The molecule has 3 rings (SSSR count). The molecule has 1 saturated heterocycles. The molecule has 2 N–H and O–H groups in total. The van der Waals surface area contributed by atoms with Gasteiger partial charge in [-0.2, -0.15) is 5.10 Å². The van der Waals surface area contributed by atoms with Gasteiger partial charge in [-0.25, -0.2) is 9.67 Å². The van der Waals surface area contributed by atoms with Crippen molar-refractivity contribution in [2.24, 2.45) is 0 Å². The summed E-state index contributed by atoms with van der Waals surface area (Å²) in [5, 5.41) is 10.1. The highest BCUT2D eigenvalue weighted by Gasteiger charge is 2.31. The zero-order valence-corrected chi connectivity index (χ0v) is 14.5. The first kappa shape index (κ1) is 17.4. The van der Waals surface area contributed by atoms with Crippen LogP contribution in [0.2, 0.25) is 5.02 Å². The highest BCUT2D eigenvalue weighted by Crippen LogP contribution is 2.24. The fourth-order valence-electron chi connectivity index (χ4n) is 2.99. The minimum atomic E-state index is -0.259. The van der Waals surface area contributed by atoms with E-state index in [2.05, 4.69) is 20.7 Å². The van der Waals surface area contributed by atoms with Crippen LogP contribution in [-0.2, 0) is 9.59 Å². The fourth-order valence-corrected chi connectivity index (χ4v) is 3.17. The molecule has 1 aromatic heterocycles. The Balaban J connectivity index is 1.73. The second-order valence-corrected chi connectivity index (χ2v) is 6.23. The van der Waals surface area contributed by atoms with Gasteiger partial charge >= 0.3 is 0 Å². The monoisotopic (exact) mass is 362 g/mol. The van der Waals surface area contributed by atoms with Gasteiger partial charge in [0.05, 0.1) is 24.0 Å². The van der Waals surface area contributed by atoms with Crippen molar-refractivity contribution in [3.63, 3.8) is 0 Å². The summed E-state index contributed by atoms with van der Waals surface area (Å²) < 4.78 is 1.55. The van der Waals surface area contributed by atoms with E-state index in [-0.39, 0.29) is 24.4 Å². The molecule has 25 heavy (non-hydrogen) atoms.